The summed E-state index contributed by atoms with van der Waals surface area (Å²) in [6, 6.07) is 0. The van der Waals surface area contributed by atoms with E-state index < -0.39 is 0 Å². The van der Waals surface area contributed by atoms with Gasteiger partial charge in [-0.1, -0.05) is 13.8 Å². The van der Waals surface area contributed by atoms with Crippen LogP contribution < -0.4 is 5.56 Å². The second-order valence-corrected chi connectivity index (χ2v) is 6.21. The van der Waals surface area contributed by atoms with Crippen molar-refractivity contribution in [2.24, 2.45) is 0 Å². The highest BCUT2D eigenvalue weighted by atomic mass is 32.1. The lowest BCUT2D eigenvalue weighted by Gasteiger charge is -2.19. The first kappa shape index (κ1) is 15.2. The molecular formula is C15H23N3OS. The largest absolute Gasteiger partial charge is 0.297 e. The molecule has 0 radical (unpaired) electrons. The zero-order valence-corrected chi connectivity index (χ0v) is 13.8. The number of hydrogen-bond donors (Lipinski definition) is 0. The molecule has 0 amide bonds. The van der Waals surface area contributed by atoms with Gasteiger partial charge in [-0.05, 0) is 39.4 Å². The van der Waals surface area contributed by atoms with Gasteiger partial charge in [-0.3, -0.25) is 14.3 Å². The van der Waals surface area contributed by atoms with Crippen LogP contribution in [-0.2, 0) is 13.1 Å². The maximum Gasteiger partial charge on any atom is 0.262 e. The maximum atomic E-state index is 12.7. The van der Waals surface area contributed by atoms with Gasteiger partial charge in [0, 0.05) is 11.4 Å². The van der Waals surface area contributed by atoms with Crippen molar-refractivity contribution in [2.75, 3.05) is 13.1 Å². The molecule has 0 aliphatic heterocycles. The quantitative estimate of drug-likeness (QED) is 0.850. The van der Waals surface area contributed by atoms with Gasteiger partial charge in [0.2, 0.25) is 0 Å². The molecule has 4 nitrogen and oxygen atoms in total. The van der Waals surface area contributed by atoms with Gasteiger partial charge in [0.1, 0.15) is 10.7 Å². The van der Waals surface area contributed by atoms with Crippen molar-refractivity contribution in [1.82, 2.24) is 14.5 Å². The van der Waals surface area contributed by atoms with Crippen LogP contribution in [0.2, 0.25) is 0 Å². The molecule has 110 valence electrons. The van der Waals surface area contributed by atoms with E-state index in [9.17, 15) is 4.79 Å². The Labute approximate surface area is 124 Å². The van der Waals surface area contributed by atoms with Gasteiger partial charge < -0.3 is 0 Å². The molecule has 2 rings (SSSR count). The van der Waals surface area contributed by atoms with Crippen LogP contribution in [0, 0.1) is 13.8 Å². The van der Waals surface area contributed by atoms with Crippen molar-refractivity contribution < 1.29 is 0 Å². The van der Waals surface area contributed by atoms with E-state index in [4.69, 9.17) is 4.98 Å². The minimum Gasteiger partial charge on any atom is -0.297 e. The summed E-state index contributed by atoms with van der Waals surface area (Å²) in [6.07, 6.45) is 0. The van der Waals surface area contributed by atoms with Gasteiger partial charge >= 0.3 is 0 Å². The van der Waals surface area contributed by atoms with Gasteiger partial charge in [0.05, 0.1) is 11.9 Å². The highest BCUT2D eigenvalue weighted by Gasteiger charge is 2.16. The first-order chi connectivity index (χ1) is 9.53. The first-order valence-electron chi connectivity index (χ1n) is 7.25. The van der Waals surface area contributed by atoms with E-state index in [1.807, 2.05) is 18.4 Å². The number of thiophene rings is 1. The number of aromatic nitrogens is 2. The number of aryl methyl sites for hydroxylation is 2. The van der Waals surface area contributed by atoms with Crippen LogP contribution >= 0.6 is 11.3 Å². The molecule has 0 N–H and O–H groups in total. The lowest BCUT2D eigenvalue weighted by atomic mass is 10.2. The molecular weight excluding hydrogens is 270 g/mol. The Balaban J connectivity index is 2.63. The van der Waals surface area contributed by atoms with Crippen LogP contribution in [0.3, 0.4) is 0 Å². The van der Waals surface area contributed by atoms with E-state index in [0.717, 1.165) is 41.2 Å². The molecule has 0 aliphatic carbocycles. The summed E-state index contributed by atoms with van der Waals surface area (Å²) in [5.41, 5.74) is 1.19. The van der Waals surface area contributed by atoms with Gasteiger partial charge in [0.25, 0.3) is 5.56 Å². The minimum atomic E-state index is 0.113. The van der Waals surface area contributed by atoms with Crippen LogP contribution in [0.15, 0.2) is 4.79 Å². The molecule has 0 fully saturated rings. The van der Waals surface area contributed by atoms with Gasteiger partial charge in [-0.25, -0.2) is 4.98 Å². The maximum absolute atomic E-state index is 12.7. The average molecular weight is 293 g/mol. The van der Waals surface area contributed by atoms with E-state index in [2.05, 4.69) is 25.7 Å². The van der Waals surface area contributed by atoms with E-state index in [0.29, 0.717) is 6.54 Å². The van der Waals surface area contributed by atoms with E-state index >= 15 is 0 Å². The Morgan fingerprint density at radius 2 is 1.85 bits per heavy atom. The molecule has 2 heterocycles. The van der Waals surface area contributed by atoms with Crippen molar-refractivity contribution in [3.8, 4) is 0 Å². The normalized spacial score (nSPS) is 11.7. The number of fused-ring (bicyclic) bond motifs is 1. The Morgan fingerprint density at radius 3 is 2.40 bits per heavy atom. The summed E-state index contributed by atoms with van der Waals surface area (Å²) in [5.74, 6) is 0.884. The number of nitrogens with zero attached hydrogens (tertiary/aromatic N) is 3. The molecule has 2 aromatic heterocycles. The number of rotatable bonds is 5. The molecule has 0 unspecified atom stereocenters. The topological polar surface area (TPSA) is 38.1 Å². The Hall–Kier alpha value is -1.20. The Morgan fingerprint density at radius 1 is 1.20 bits per heavy atom. The van der Waals surface area contributed by atoms with Crippen LogP contribution in [0.4, 0.5) is 0 Å². The van der Waals surface area contributed by atoms with Crippen LogP contribution in [0.25, 0.3) is 10.2 Å². The van der Waals surface area contributed by atoms with Crippen LogP contribution in [0.1, 0.15) is 37.0 Å². The van der Waals surface area contributed by atoms with E-state index in [-0.39, 0.29) is 5.56 Å². The monoisotopic (exact) mass is 293 g/mol. The first-order valence-corrected chi connectivity index (χ1v) is 8.06. The fraction of sp³-hybridized carbons (Fsp3) is 0.600. The Kier molecular flexibility index (Phi) is 4.60. The third-order valence-electron chi connectivity index (χ3n) is 3.94. The van der Waals surface area contributed by atoms with Crippen molar-refractivity contribution in [3.05, 3.63) is 26.6 Å². The molecule has 0 saturated heterocycles. The summed E-state index contributed by atoms with van der Waals surface area (Å²) in [5, 5.41) is 0.803. The molecule has 0 aromatic carbocycles. The predicted octanol–water partition coefficient (Wildman–Crippen LogP) is 2.94. The molecule has 0 atom stereocenters. The zero-order valence-electron chi connectivity index (χ0n) is 13.0. The van der Waals surface area contributed by atoms with Gasteiger partial charge in [-0.2, -0.15) is 0 Å². The van der Waals surface area contributed by atoms with E-state index in [1.165, 1.54) is 4.88 Å². The SMILES string of the molecule is CCN(CC)Cc1nc2sc(C)c(C)c2c(=O)n1CC. The van der Waals surface area contributed by atoms with Gasteiger partial charge in [-0.15, -0.1) is 11.3 Å². The second-order valence-electron chi connectivity index (χ2n) is 5.00. The third kappa shape index (κ3) is 2.52. The summed E-state index contributed by atoms with van der Waals surface area (Å²) in [7, 11) is 0. The summed E-state index contributed by atoms with van der Waals surface area (Å²) >= 11 is 1.63. The van der Waals surface area contributed by atoms with Crippen molar-refractivity contribution in [3.63, 3.8) is 0 Å². The van der Waals surface area contributed by atoms with E-state index in [1.54, 1.807) is 11.3 Å². The predicted molar refractivity (Wildman–Crippen MR) is 85.7 cm³/mol. The fourth-order valence-corrected chi connectivity index (χ4v) is 3.50. The fourth-order valence-electron chi connectivity index (χ4n) is 2.46. The third-order valence-corrected chi connectivity index (χ3v) is 5.04. The molecule has 0 saturated carbocycles. The lowest BCUT2D eigenvalue weighted by Crippen LogP contribution is -2.30. The standard InChI is InChI=1S/C15H23N3OS/c1-6-17(7-2)9-12-16-14-13(10(4)11(5)20-14)15(19)18(12)8-3/h6-9H2,1-5H3. The van der Waals surface area contributed by atoms with Crippen LogP contribution in [-0.4, -0.2) is 27.5 Å². The molecule has 5 heteroatoms. The summed E-state index contributed by atoms with van der Waals surface area (Å²) in [4.78, 5) is 21.8. The molecule has 2 aromatic rings. The van der Waals surface area contributed by atoms with Crippen molar-refractivity contribution in [1.29, 1.82) is 0 Å². The Bertz CT molecular complexity index is 668. The summed E-state index contributed by atoms with van der Waals surface area (Å²) in [6.45, 7) is 13.7. The molecule has 20 heavy (non-hydrogen) atoms. The molecule has 0 spiro atoms. The molecule has 0 bridgehead atoms. The highest BCUT2D eigenvalue weighted by molar-refractivity contribution is 7.18. The van der Waals surface area contributed by atoms with Crippen molar-refractivity contribution in [2.45, 2.75) is 47.7 Å². The summed E-state index contributed by atoms with van der Waals surface area (Å²) < 4.78 is 1.82. The van der Waals surface area contributed by atoms with Crippen LogP contribution in [0.5, 0.6) is 0 Å². The highest BCUT2D eigenvalue weighted by Crippen LogP contribution is 2.26. The number of hydrogen-bond acceptors (Lipinski definition) is 4. The van der Waals surface area contributed by atoms with Gasteiger partial charge in [0.15, 0.2) is 0 Å². The minimum absolute atomic E-state index is 0.113. The lowest BCUT2D eigenvalue weighted by molar-refractivity contribution is 0.282. The zero-order chi connectivity index (χ0) is 14.9. The smallest absolute Gasteiger partial charge is 0.262 e. The second kappa shape index (κ2) is 6.06. The van der Waals surface area contributed by atoms with Crippen molar-refractivity contribution >= 4 is 21.6 Å². The average Bonchev–Trinajstić information content (AvgIpc) is 2.71. The molecule has 0 aliphatic rings.